The topological polar surface area (TPSA) is 46.9 Å². The lowest BCUT2D eigenvalue weighted by Gasteiger charge is -2.22. The molecular formula is C23H20FN3O. The number of hydrogen-bond acceptors (Lipinski definition) is 2. The Morgan fingerprint density at radius 2 is 1.89 bits per heavy atom. The molecule has 4 rings (SSSR count). The molecule has 0 aliphatic rings. The lowest BCUT2D eigenvalue weighted by Crippen LogP contribution is -2.32. The molecule has 140 valence electrons. The van der Waals surface area contributed by atoms with E-state index in [1.165, 1.54) is 12.1 Å². The van der Waals surface area contributed by atoms with Crippen molar-refractivity contribution in [2.75, 3.05) is 0 Å². The zero-order valence-corrected chi connectivity index (χ0v) is 15.5. The lowest BCUT2D eigenvalue weighted by atomic mass is 9.95. The van der Waals surface area contributed by atoms with Crippen molar-refractivity contribution in [1.29, 1.82) is 0 Å². The lowest BCUT2D eigenvalue weighted by molar-refractivity contribution is -0.122. The summed E-state index contributed by atoms with van der Waals surface area (Å²) in [7, 11) is 0. The minimum Gasteiger partial charge on any atom is -0.344 e. The molecule has 4 aromatic rings. The first-order valence-electron chi connectivity index (χ1n) is 9.11. The molecule has 5 heteroatoms. The first-order chi connectivity index (χ1) is 13.6. The second-order valence-corrected chi connectivity index (χ2v) is 6.78. The average molecular weight is 373 g/mol. The van der Waals surface area contributed by atoms with Gasteiger partial charge in [-0.05, 0) is 65.4 Å². The van der Waals surface area contributed by atoms with Crippen molar-refractivity contribution >= 4 is 16.8 Å². The fourth-order valence-electron chi connectivity index (χ4n) is 3.46. The van der Waals surface area contributed by atoms with Crippen molar-refractivity contribution < 1.29 is 9.18 Å². The highest BCUT2D eigenvalue weighted by Crippen LogP contribution is 2.25. The molecule has 28 heavy (non-hydrogen) atoms. The van der Waals surface area contributed by atoms with Gasteiger partial charge in [-0.15, -0.1) is 0 Å². The van der Waals surface area contributed by atoms with Gasteiger partial charge in [-0.25, -0.2) is 4.39 Å². The summed E-state index contributed by atoms with van der Waals surface area (Å²) in [6.07, 6.45) is 5.24. The van der Waals surface area contributed by atoms with Crippen LogP contribution < -0.4 is 5.32 Å². The van der Waals surface area contributed by atoms with Crippen molar-refractivity contribution in [2.24, 2.45) is 0 Å². The second kappa shape index (κ2) is 7.64. The van der Waals surface area contributed by atoms with Gasteiger partial charge >= 0.3 is 0 Å². The molecule has 0 saturated carbocycles. The van der Waals surface area contributed by atoms with Crippen molar-refractivity contribution in [2.45, 2.75) is 19.5 Å². The van der Waals surface area contributed by atoms with Crippen molar-refractivity contribution in [3.05, 3.63) is 102 Å². The highest BCUT2D eigenvalue weighted by Gasteiger charge is 2.19. The maximum absolute atomic E-state index is 13.6. The van der Waals surface area contributed by atoms with Crippen LogP contribution in [-0.2, 0) is 11.3 Å². The van der Waals surface area contributed by atoms with E-state index >= 15 is 0 Å². The third kappa shape index (κ3) is 3.64. The Balaban J connectivity index is 1.62. The Kier molecular flexibility index (Phi) is 4.89. The number of aromatic nitrogens is 2. The summed E-state index contributed by atoms with van der Waals surface area (Å²) in [4.78, 5) is 16.9. The molecule has 0 aliphatic heterocycles. The minimum absolute atomic E-state index is 0.112. The van der Waals surface area contributed by atoms with Crippen LogP contribution in [0.4, 0.5) is 4.39 Å². The molecular weight excluding hydrogens is 353 g/mol. The van der Waals surface area contributed by atoms with Gasteiger partial charge in [-0.3, -0.25) is 9.78 Å². The van der Waals surface area contributed by atoms with Crippen molar-refractivity contribution in [3.63, 3.8) is 0 Å². The third-order valence-corrected chi connectivity index (χ3v) is 4.89. The van der Waals surface area contributed by atoms with Crippen molar-refractivity contribution in [1.82, 2.24) is 14.9 Å². The zero-order valence-electron chi connectivity index (χ0n) is 15.5. The summed E-state index contributed by atoms with van der Waals surface area (Å²) in [6, 6.07) is 18.0. The van der Waals surface area contributed by atoms with Gasteiger partial charge in [0.25, 0.3) is 0 Å². The molecule has 0 radical (unpaired) electrons. The minimum atomic E-state index is -0.317. The van der Waals surface area contributed by atoms with E-state index in [0.717, 1.165) is 22.1 Å². The number of pyridine rings is 1. The third-order valence-electron chi connectivity index (χ3n) is 4.89. The number of nitrogens with zero attached hydrogens (tertiary/aromatic N) is 2. The standard InChI is InChI=1S/C23H20FN3O/c1-16-4-2-3-5-20(16)23(18-8-11-25-12-9-18)26-22(28)15-27-13-10-17-6-7-19(24)14-21(17)27/h2-14,23H,15H2,1H3,(H,26,28)/t23-/m1/s1. The number of nitrogens with one attached hydrogen (secondary N) is 1. The molecule has 0 fully saturated rings. The van der Waals surface area contributed by atoms with Crippen LogP contribution in [0.3, 0.4) is 0 Å². The molecule has 2 aromatic heterocycles. The van der Waals surface area contributed by atoms with Crippen LogP contribution in [0.15, 0.2) is 79.3 Å². The fourth-order valence-corrected chi connectivity index (χ4v) is 3.46. The number of hydrogen-bond donors (Lipinski definition) is 1. The molecule has 1 amide bonds. The highest BCUT2D eigenvalue weighted by molar-refractivity contribution is 5.83. The second-order valence-electron chi connectivity index (χ2n) is 6.78. The molecule has 2 aromatic carbocycles. The first kappa shape index (κ1) is 17.9. The van der Waals surface area contributed by atoms with E-state index in [1.807, 2.05) is 49.4 Å². The number of carbonyl (C=O) groups is 1. The van der Waals surface area contributed by atoms with E-state index in [9.17, 15) is 9.18 Å². The maximum atomic E-state index is 13.6. The number of fused-ring (bicyclic) bond motifs is 1. The summed E-state index contributed by atoms with van der Waals surface area (Å²) >= 11 is 0. The summed E-state index contributed by atoms with van der Waals surface area (Å²) in [6.45, 7) is 2.14. The normalized spacial score (nSPS) is 12.1. The summed E-state index contributed by atoms with van der Waals surface area (Å²) in [5, 5.41) is 4.03. The summed E-state index contributed by atoms with van der Waals surface area (Å²) < 4.78 is 15.4. The monoisotopic (exact) mass is 373 g/mol. The van der Waals surface area contributed by atoms with Gasteiger partial charge in [0.05, 0.1) is 11.6 Å². The number of rotatable bonds is 5. The molecule has 1 atom stereocenters. The van der Waals surface area contributed by atoms with Gasteiger partial charge < -0.3 is 9.88 Å². The Hall–Kier alpha value is -3.47. The molecule has 0 unspecified atom stereocenters. The quantitative estimate of drug-likeness (QED) is 0.564. The Morgan fingerprint density at radius 1 is 1.11 bits per heavy atom. The Labute approximate surface area is 162 Å². The maximum Gasteiger partial charge on any atom is 0.240 e. The van der Waals surface area contributed by atoms with E-state index in [0.29, 0.717) is 5.52 Å². The number of carbonyl (C=O) groups excluding carboxylic acids is 1. The van der Waals surface area contributed by atoms with Crippen LogP contribution in [0, 0.1) is 12.7 Å². The molecule has 2 heterocycles. The van der Waals surface area contributed by atoms with E-state index in [1.54, 1.807) is 29.2 Å². The number of amides is 1. The van der Waals surface area contributed by atoms with Crippen LogP contribution in [0.1, 0.15) is 22.7 Å². The first-order valence-corrected chi connectivity index (χ1v) is 9.11. The molecule has 0 bridgehead atoms. The summed E-state index contributed by atoms with van der Waals surface area (Å²) in [5.41, 5.74) is 3.79. The van der Waals surface area contributed by atoms with E-state index < -0.39 is 0 Å². The molecule has 0 saturated heterocycles. The predicted octanol–water partition coefficient (Wildman–Crippen LogP) is 4.39. The van der Waals surface area contributed by atoms with Gasteiger partial charge in [0, 0.05) is 18.6 Å². The SMILES string of the molecule is Cc1ccccc1[C@H](NC(=O)Cn1ccc2ccc(F)cc21)c1ccncc1. The Morgan fingerprint density at radius 3 is 2.68 bits per heavy atom. The van der Waals surface area contributed by atoms with Crippen LogP contribution >= 0.6 is 0 Å². The van der Waals surface area contributed by atoms with Gasteiger partial charge in [-0.2, -0.15) is 0 Å². The van der Waals surface area contributed by atoms with Crippen LogP contribution in [0.2, 0.25) is 0 Å². The fraction of sp³-hybridized carbons (Fsp3) is 0.130. The Bertz CT molecular complexity index is 1120. The number of aryl methyl sites for hydroxylation is 1. The summed E-state index contributed by atoms with van der Waals surface area (Å²) in [5.74, 6) is -0.464. The number of halogens is 1. The van der Waals surface area contributed by atoms with Crippen LogP contribution in [-0.4, -0.2) is 15.5 Å². The molecule has 0 aliphatic carbocycles. The largest absolute Gasteiger partial charge is 0.344 e. The smallest absolute Gasteiger partial charge is 0.240 e. The highest BCUT2D eigenvalue weighted by atomic mass is 19.1. The van der Waals surface area contributed by atoms with E-state index in [4.69, 9.17) is 0 Å². The van der Waals surface area contributed by atoms with Gasteiger partial charge in [0.1, 0.15) is 12.4 Å². The predicted molar refractivity (Wildman–Crippen MR) is 107 cm³/mol. The van der Waals surface area contributed by atoms with Crippen molar-refractivity contribution in [3.8, 4) is 0 Å². The number of benzene rings is 2. The zero-order chi connectivity index (χ0) is 19.5. The van der Waals surface area contributed by atoms with Gasteiger partial charge in [0.2, 0.25) is 5.91 Å². The van der Waals surface area contributed by atoms with Gasteiger partial charge in [0.15, 0.2) is 0 Å². The molecule has 1 N–H and O–H groups in total. The van der Waals surface area contributed by atoms with Crippen LogP contribution in [0.25, 0.3) is 10.9 Å². The van der Waals surface area contributed by atoms with E-state index in [-0.39, 0.29) is 24.3 Å². The van der Waals surface area contributed by atoms with Crippen LogP contribution in [0.5, 0.6) is 0 Å². The van der Waals surface area contributed by atoms with Gasteiger partial charge in [-0.1, -0.05) is 24.3 Å². The van der Waals surface area contributed by atoms with E-state index in [2.05, 4.69) is 10.3 Å². The molecule has 0 spiro atoms. The average Bonchev–Trinajstić information content (AvgIpc) is 3.09. The molecule has 4 nitrogen and oxygen atoms in total.